The van der Waals surface area contributed by atoms with Crippen LogP contribution in [0.3, 0.4) is 0 Å². The summed E-state index contributed by atoms with van der Waals surface area (Å²) >= 11 is 0. The molecule has 27 heavy (non-hydrogen) atoms. The lowest BCUT2D eigenvalue weighted by molar-refractivity contribution is -0.118. The first-order chi connectivity index (χ1) is 12.8. The number of Topliss-reactive ketones (excluding diaryl/α,β-unsaturated/α-hetero) is 1. The summed E-state index contributed by atoms with van der Waals surface area (Å²) < 4.78 is 1.51. The minimum Gasteiger partial charge on any atom is -0.344 e. The second-order valence-electron chi connectivity index (χ2n) is 7.94. The van der Waals surface area contributed by atoms with Gasteiger partial charge in [0.25, 0.3) is 5.56 Å². The molecular weight excluding hydrogens is 344 g/mol. The van der Waals surface area contributed by atoms with Crippen LogP contribution in [0.5, 0.6) is 0 Å². The third-order valence-corrected chi connectivity index (χ3v) is 5.34. The maximum atomic E-state index is 13.1. The van der Waals surface area contributed by atoms with E-state index in [1.165, 1.54) is 4.57 Å². The average Bonchev–Trinajstić information content (AvgIpc) is 2.60. The third kappa shape index (κ3) is 2.74. The average molecular weight is 366 g/mol. The van der Waals surface area contributed by atoms with Crippen molar-refractivity contribution in [2.45, 2.75) is 46.1 Å². The van der Waals surface area contributed by atoms with Gasteiger partial charge in [0.2, 0.25) is 0 Å². The van der Waals surface area contributed by atoms with Crippen molar-refractivity contribution < 1.29 is 4.79 Å². The fourth-order valence-corrected chi connectivity index (χ4v) is 4.24. The molecule has 0 aromatic carbocycles. The van der Waals surface area contributed by atoms with Crippen molar-refractivity contribution in [3.8, 4) is 0 Å². The predicted molar refractivity (Wildman–Crippen MR) is 102 cm³/mol. The topological polar surface area (TPSA) is 96.8 Å². The van der Waals surface area contributed by atoms with Crippen LogP contribution in [0.1, 0.15) is 50.7 Å². The van der Waals surface area contributed by atoms with Gasteiger partial charge in [-0.05, 0) is 30.4 Å². The van der Waals surface area contributed by atoms with Crippen LogP contribution < -0.4 is 16.6 Å². The van der Waals surface area contributed by atoms with Gasteiger partial charge in [-0.3, -0.25) is 24.1 Å². The monoisotopic (exact) mass is 366 g/mol. The molecule has 0 unspecified atom stereocenters. The van der Waals surface area contributed by atoms with E-state index in [-0.39, 0.29) is 11.2 Å². The Balaban J connectivity index is 2.06. The van der Waals surface area contributed by atoms with Crippen molar-refractivity contribution in [1.29, 1.82) is 0 Å². The van der Waals surface area contributed by atoms with Gasteiger partial charge in [0.05, 0.1) is 5.56 Å². The molecule has 2 aromatic heterocycles. The molecule has 3 heterocycles. The smallest absolute Gasteiger partial charge is 0.329 e. The van der Waals surface area contributed by atoms with E-state index in [1.807, 2.05) is 13.0 Å². The summed E-state index contributed by atoms with van der Waals surface area (Å²) in [6.45, 7) is 6.36. The first kappa shape index (κ1) is 17.5. The number of carbonyl (C=O) groups excluding carboxylic acids is 1. The van der Waals surface area contributed by atoms with Gasteiger partial charge in [0.1, 0.15) is 5.82 Å². The van der Waals surface area contributed by atoms with Crippen molar-refractivity contribution >= 4 is 11.6 Å². The Morgan fingerprint density at radius 2 is 2.04 bits per heavy atom. The number of anilines is 1. The number of H-pyrrole nitrogens is 1. The van der Waals surface area contributed by atoms with Gasteiger partial charge in [-0.2, -0.15) is 0 Å². The minimum atomic E-state index is -0.532. The molecule has 0 radical (unpaired) electrons. The Bertz CT molecular complexity index is 1080. The standard InChI is InChI=1S/C20H22N4O3/c1-4-24-17-16(18(26)23-19(24)27)14(11-6-5-7-21-10-11)15-12(22-17)8-20(2,3)9-13(15)25/h5-7,10,14,22H,4,8-9H2,1-3H3,(H,23,26,27)/t14-/m0/s1. The van der Waals surface area contributed by atoms with Crippen LogP contribution in [-0.4, -0.2) is 20.3 Å². The van der Waals surface area contributed by atoms with E-state index in [9.17, 15) is 14.4 Å². The number of nitrogens with one attached hydrogen (secondary N) is 2. The summed E-state index contributed by atoms with van der Waals surface area (Å²) in [7, 11) is 0. The highest BCUT2D eigenvalue weighted by Crippen LogP contribution is 2.47. The van der Waals surface area contributed by atoms with Crippen LogP contribution in [-0.2, 0) is 11.3 Å². The lowest BCUT2D eigenvalue weighted by Crippen LogP contribution is -2.41. The van der Waals surface area contributed by atoms with Crippen LogP contribution in [0, 0.1) is 5.41 Å². The number of fused-ring (bicyclic) bond motifs is 1. The Kier molecular flexibility index (Phi) is 3.91. The van der Waals surface area contributed by atoms with Crippen molar-refractivity contribution in [2.75, 3.05) is 5.32 Å². The van der Waals surface area contributed by atoms with Crippen LogP contribution in [0.15, 0.2) is 45.4 Å². The second-order valence-corrected chi connectivity index (χ2v) is 7.94. The van der Waals surface area contributed by atoms with E-state index in [0.717, 1.165) is 11.3 Å². The first-order valence-electron chi connectivity index (χ1n) is 9.12. The molecule has 140 valence electrons. The number of pyridine rings is 1. The molecule has 0 amide bonds. The number of rotatable bonds is 2. The number of nitrogens with zero attached hydrogens (tertiary/aromatic N) is 2. The molecule has 0 bridgehead atoms. The lowest BCUT2D eigenvalue weighted by atomic mass is 9.69. The summed E-state index contributed by atoms with van der Waals surface area (Å²) in [6.07, 6.45) is 4.43. The largest absolute Gasteiger partial charge is 0.344 e. The molecule has 2 N–H and O–H groups in total. The quantitative estimate of drug-likeness (QED) is 0.849. The maximum absolute atomic E-state index is 13.1. The molecule has 4 rings (SSSR count). The van der Waals surface area contributed by atoms with E-state index in [1.54, 1.807) is 18.5 Å². The Morgan fingerprint density at radius 3 is 2.70 bits per heavy atom. The van der Waals surface area contributed by atoms with E-state index in [2.05, 4.69) is 29.1 Å². The zero-order valence-corrected chi connectivity index (χ0v) is 15.6. The van der Waals surface area contributed by atoms with E-state index in [4.69, 9.17) is 0 Å². The molecule has 7 heteroatoms. The Labute approximate surface area is 156 Å². The molecule has 2 aromatic rings. The highest BCUT2D eigenvalue weighted by atomic mass is 16.2. The predicted octanol–water partition coefficient (Wildman–Crippen LogP) is 2.15. The molecule has 0 saturated carbocycles. The van der Waals surface area contributed by atoms with E-state index in [0.29, 0.717) is 36.3 Å². The minimum absolute atomic E-state index is 0.0295. The SMILES string of the molecule is CCn1c2c(c(=O)[nH]c1=O)[C@@H](c1cccnc1)C1=C(CC(C)(C)CC1=O)N2. The van der Waals surface area contributed by atoms with Gasteiger partial charge in [0.15, 0.2) is 5.78 Å². The van der Waals surface area contributed by atoms with Gasteiger partial charge < -0.3 is 5.32 Å². The fraction of sp³-hybridized carbons (Fsp3) is 0.400. The Morgan fingerprint density at radius 1 is 1.26 bits per heavy atom. The number of ketones is 1. The van der Waals surface area contributed by atoms with Crippen molar-refractivity contribution in [1.82, 2.24) is 14.5 Å². The molecule has 0 saturated heterocycles. The normalized spacial score (nSPS) is 20.7. The number of aromatic amines is 1. The molecule has 0 fully saturated rings. The number of allylic oxidation sites excluding steroid dienone is 2. The van der Waals surface area contributed by atoms with Gasteiger partial charge in [-0.1, -0.05) is 19.9 Å². The number of hydrogen-bond acceptors (Lipinski definition) is 5. The highest BCUT2D eigenvalue weighted by Gasteiger charge is 2.42. The van der Waals surface area contributed by atoms with Crippen LogP contribution in [0.2, 0.25) is 0 Å². The zero-order valence-electron chi connectivity index (χ0n) is 15.6. The van der Waals surface area contributed by atoms with Crippen molar-refractivity contribution in [3.05, 3.63) is 67.8 Å². The van der Waals surface area contributed by atoms with Crippen molar-refractivity contribution in [3.63, 3.8) is 0 Å². The van der Waals surface area contributed by atoms with Gasteiger partial charge in [-0.15, -0.1) is 0 Å². The fourth-order valence-electron chi connectivity index (χ4n) is 4.24. The molecular formula is C20H22N4O3. The molecule has 1 aliphatic heterocycles. The maximum Gasteiger partial charge on any atom is 0.329 e. The number of hydrogen-bond donors (Lipinski definition) is 2. The Hall–Kier alpha value is -2.96. The van der Waals surface area contributed by atoms with Gasteiger partial charge in [-0.25, -0.2) is 4.79 Å². The van der Waals surface area contributed by atoms with Crippen LogP contribution in [0.25, 0.3) is 0 Å². The summed E-state index contributed by atoms with van der Waals surface area (Å²) in [4.78, 5) is 44.7. The zero-order chi connectivity index (χ0) is 19.3. The van der Waals surface area contributed by atoms with E-state index >= 15 is 0 Å². The summed E-state index contributed by atoms with van der Waals surface area (Å²) in [6, 6.07) is 3.66. The molecule has 1 atom stereocenters. The second kappa shape index (κ2) is 6.04. The van der Waals surface area contributed by atoms with Gasteiger partial charge >= 0.3 is 5.69 Å². The van der Waals surface area contributed by atoms with Crippen LogP contribution in [0.4, 0.5) is 5.82 Å². The highest BCUT2D eigenvalue weighted by molar-refractivity contribution is 6.01. The molecule has 1 aliphatic carbocycles. The summed E-state index contributed by atoms with van der Waals surface area (Å²) in [5.74, 6) is -0.0260. The number of aromatic nitrogens is 3. The summed E-state index contributed by atoms with van der Waals surface area (Å²) in [5, 5.41) is 3.27. The summed E-state index contributed by atoms with van der Waals surface area (Å²) in [5.41, 5.74) is 1.48. The van der Waals surface area contributed by atoms with Crippen molar-refractivity contribution in [2.24, 2.45) is 5.41 Å². The molecule has 7 nitrogen and oxygen atoms in total. The molecule has 0 spiro atoms. The third-order valence-electron chi connectivity index (χ3n) is 5.34. The lowest BCUT2D eigenvalue weighted by Gasteiger charge is -2.39. The first-order valence-corrected chi connectivity index (χ1v) is 9.12. The molecule has 2 aliphatic rings. The van der Waals surface area contributed by atoms with Gasteiger partial charge in [0, 0.05) is 42.5 Å². The number of carbonyl (C=O) groups is 1. The van der Waals surface area contributed by atoms with E-state index < -0.39 is 17.2 Å². The van der Waals surface area contributed by atoms with Crippen LogP contribution >= 0.6 is 0 Å².